The minimum absolute atomic E-state index is 0.111. The maximum Gasteiger partial charge on any atom is 0.251 e. The summed E-state index contributed by atoms with van der Waals surface area (Å²) in [6.45, 7) is 7.95. The number of hydrogen-bond acceptors (Lipinski definition) is 4. The Bertz CT molecular complexity index is 570. The lowest BCUT2D eigenvalue weighted by Crippen LogP contribution is -2.41. The van der Waals surface area contributed by atoms with Gasteiger partial charge in [0.2, 0.25) is 0 Å². The van der Waals surface area contributed by atoms with Crippen molar-refractivity contribution >= 4 is 17.5 Å². The molecule has 5 nitrogen and oxygen atoms in total. The molecule has 1 saturated heterocycles. The molecule has 1 aliphatic heterocycles. The van der Waals surface area contributed by atoms with Crippen molar-refractivity contribution in [3.8, 4) is 5.75 Å². The monoisotopic (exact) mass is 367 g/mol. The standard InChI is InChI=1S/C19H30ClN3O2/c1-14(2)23-10-7-16(8-11-23)25-18-6-5-15(13-17(18)20)19(24)21-9-12-22(3)4/h5-6,13-14,16H,7-12H2,1-4H3,(H,21,24). The van der Waals surface area contributed by atoms with E-state index in [0.29, 0.717) is 28.9 Å². The van der Waals surface area contributed by atoms with Gasteiger partial charge < -0.3 is 19.9 Å². The molecule has 1 N–H and O–H groups in total. The van der Waals surface area contributed by atoms with Crippen LogP contribution in [0.5, 0.6) is 5.75 Å². The number of halogens is 1. The van der Waals surface area contributed by atoms with Crippen LogP contribution < -0.4 is 10.1 Å². The minimum Gasteiger partial charge on any atom is -0.489 e. The van der Waals surface area contributed by atoms with Crippen LogP contribution >= 0.6 is 11.6 Å². The highest BCUT2D eigenvalue weighted by Gasteiger charge is 2.22. The summed E-state index contributed by atoms with van der Waals surface area (Å²) in [7, 11) is 3.95. The predicted molar refractivity (Wildman–Crippen MR) is 103 cm³/mol. The topological polar surface area (TPSA) is 44.8 Å². The van der Waals surface area contributed by atoms with E-state index in [1.165, 1.54) is 0 Å². The van der Waals surface area contributed by atoms with Gasteiger partial charge in [0, 0.05) is 37.8 Å². The molecule has 1 aromatic rings. The lowest BCUT2D eigenvalue weighted by molar-refractivity contribution is 0.0843. The van der Waals surface area contributed by atoms with E-state index < -0.39 is 0 Å². The Morgan fingerprint density at radius 3 is 2.60 bits per heavy atom. The normalized spacial score (nSPS) is 16.4. The first kappa shape index (κ1) is 20.0. The van der Waals surface area contributed by atoms with Gasteiger partial charge in [-0.2, -0.15) is 0 Å². The smallest absolute Gasteiger partial charge is 0.251 e. The fourth-order valence-corrected chi connectivity index (χ4v) is 3.15. The second kappa shape index (κ2) is 9.41. The van der Waals surface area contributed by atoms with Gasteiger partial charge in [-0.05, 0) is 59.0 Å². The molecule has 0 unspecified atom stereocenters. The van der Waals surface area contributed by atoms with Crippen molar-refractivity contribution in [3.05, 3.63) is 28.8 Å². The lowest BCUT2D eigenvalue weighted by Gasteiger charge is -2.34. The second-order valence-electron chi connectivity index (χ2n) is 7.15. The molecule has 0 bridgehead atoms. The lowest BCUT2D eigenvalue weighted by atomic mass is 10.1. The number of ether oxygens (including phenoxy) is 1. The molecule has 0 aliphatic carbocycles. The fraction of sp³-hybridized carbons (Fsp3) is 0.632. The molecule has 1 aliphatic rings. The van der Waals surface area contributed by atoms with Crippen molar-refractivity contribution < 1.29 is 9.53 Å². The third-order valence-corrected chi connectivity index (χ3v) is 4.83. The van der Waals surface area contributed by atoms with Crippen LogP contribution in [-0.4, -0.2) is 68.1 Å². The van der Waals surface area contributed by atoms with E-state index in [0.717, 1.165) is 32.5 Å². The molecular formula is C19H30ClN3O2. The van der Waals surface area contributed by atoms with Gasteiger partial charge in [-0.3, -0.25) is 4.79 Å². The molecule has 2 rings (SSSR count). The summed E-state index contributed by atoms with van der Waals surface area (Å²) in [5.41, 5.74) is 0.561. The third-order valence-electron chi connectivity index (χ3n) is 4.54. The maximum absolute atomic E-state index is 12.1. The number of likely N-dealkylation sites (tertiary alicyclic amines) is 1. The van der Waals surface area contributed by atoms with E-state index in [9.17, 15) is 4.79 Å². The van der Waals surface area contributed by atoms with E-state index >= 15 is 0 Å². The zero-order valence-corrected chi connectivity index (χ0v) is 16.5. The van der Waals surface area contributed by atoms with Crippen LogP contribution in [0.15, 0.2) is 18.2 Å². The molecule has 0 saturated carbocycles. The molecule has 0 radical (unpaired) electrons. The molecule has 140 valence electrons. The van der Waals surface area contributed by atoms with Gasteiger partial charge in [-0.1, -0.05) is 11.6 Å². The van der Waals surface area contributed by atoms with E-state index in [4.69, 9.17) is 16.3 Å². The Labute approximate surface area is 156 Å². The van der Waals surface area contributed by atoms with Crippen LogP contribution in [0.25, 0.3) is 0 Å². The maximum atomic E-state index is 12.1. The first-order chi connectivity index (χ1) is 11.9. The molecule has 1 amide bonds. The molecule has 0 atom stereocenters. The van der Waals surface area contributed by atoms with Crippen molar-refractivity contribution in [2.75, 3.05) is 40.3 Å². The van der Waals surface area contributed by atoms with E-state index in [1.54, 1.807) is 18.2 Å². The molecule has 1 fully saturated rings. The predicted octanol–water partition coefficient (Wildman–Crippen LogP) is 2.88. The number of likely N-dealkylation sites (N-methyl/N-ethyl adjacent to an activating group) is 1. The van der Waals surface area contributed by atoms with Gasteiger partial charge in [-0.25, -0.2) is 0 Å². The Kier molecular flexibility index (Phi) is 7.54. The first-order valence-electron chi connectivity index (χ1n) is 9.00. The van der Waals surface area contributed by atoms with Crippen LogP contribution in [0, 0.1) is 0 Å². The van der Waals surface area contributed by atoms with Crippen LogP contribution in [0.4, 0.5) is 0 Å². The summed E-state index contributed by atoms with van der Waals surface area (Å²) in [5.74, 6) is 0.551. The van der Waals surface area contributed by atoms with E-state index in [2.05, 4.69) is 24.1 Å². The van der Waals surface area contributed by atoms with Crippen LogP contribution in [0.1, 0.15) is 37.0 Å². The number of amides is 1. The highest BCUT2D eigenvalue weighted by atomic mass is 35.5. The Morgan fingerprint density at radius 2 is 2.04 bits per heavy atom. The number of nitrogens with one attached hydrogen (secondary N) is 1. The number of hydrogen-bond donors (Lipinski definition) is 1. The first-order valence-corrected chi connectivity index (χ1v) is 9.37. The summed E-state index contributed by atoms with van der Waals surface area (Å²) in [6.07, 6.45) is 2.19. The average Bonchev–Trinajstić information content (AvgIpc) is 2.56. The Morgan fingerprint density at radius 1 is 1.36 bits per heavy atom. The Balaban J connectivity index is 1.88. The quantitative estimate of drug-likeness (QED) is 0.804. The zero-order valence-electron chi connectivity index (χ0n) is 15.7. The van der Waals surface area contributed by atoms with Gasteiger partial charge in [0.15, 0.2) is 0 Å². The van der Waals surface area contributed by atoms with Gasteiger partial charge >= 0.3 is 0 Å². The molecule has 1 heterocycles. The molecule has 0 aromatic heterocycles. The third kappa shape index (κ3) is 6.17. The van der Waals surface area contributed by atoms with Crippen LogP contribution in [-0.2, 0) is 0 Å². The largest absolute Gasteiger partial charge is 0.489 e. The zero-order chi connectivity index (χ0) is 18.4. The highest BCUT2D eigenvalue weighted by Crippen LogP contribution is 2.28. The number of rotatable bonds is 7. The van der Waals surface area contributed by atoms with Crippen LogP contribution in [0.2, 0.25) is 5.02 Å². The van der Waals surface area contributed by atoms with Crippen molar-refractivity contribution in [3.63, 3.8) is 0 Å². The number of piperidine rings is 1. The van der Waals surface area contributed by atoms with Crippen molar-refractivity contribution in [2.45, 2.75) is 38.8 Å². The fourth-order valence-electron chi connectivity index (χ4n) is 2.92. The summed E-state index contributed by atoms with van der Waals surface area (Å²) in [4.78, 5) is 16.6. The number of carbonyl (C=O) groups is 1. The summed E-state index contributed by atoms with van der Waals surface area (Å²) < 4.78 is 6.06. The number of nitrogens with zero attached hydrogens (tertiary/aromatic N) is 2. The van der Waals surface area contributed by atoms with E-state index in [1.807, 2.05) is 19.0 Å². The van der Waals surface area contributed by atoms with Crippen molar-refractivity contribution in [1.29, 1.82) is 0 Å². The van der Waals surface area contributed by atoms with Gasteiger partial charge in [0.05, 0.1) is 5.02 Å². The van der Waals surface area contributed by atoms with E-state index in [-0.39, 0.29) is 12.0 Å². The van der Waals surface area contributed by atoms with Crippen LogP contribution in [0.3, 0.4) is 0 Å². The molecule has 25 heavy (non-hydrogen) atoms. The van der Waals surface area contributed by atoms with Crippen molar-refractivity contribution in [2.24, 2.45) is 0 Å². The Hall–Kier alpha value is -1.30. The summed E-state index contributed by atoms with van der Waals surface area (Å²) in [5, 5.41) is 3.38. The van der Waals surface area contributed by atoms with Crippen molar-refractivity contribution in [1.82, 2.24) is 15.1 Å². The molecular weight excluding hydrogens is 338 g/mol. The minimum atomic E-state index is -0.111. The number of benzene rings is 1. The summed E-state index contributed by atoms with van der Waals surface area (Å²) in [6, 6.07) is 5.84. The van der Waals surface area contributed by atoms with Gasteiger partial charge in [-0.15, -0.1) is 0 Å². The molecule has 1 aromatic carbocycles. The highest BCUT2D eigenvalue weighted by molar-refractivity contribution is 6.32. The second-order valence-corrected chi connectivity index (χ2v) is 7.56. The number of carbonyl (C=O) groups excluding carboxylic acids is 1. The molecule has 6 heteroatoms. The van der Waals surface area contributed by atoms with Gasteiger partial charge in [0.25, 0.3) is 5.91 Å². The average molecular weight is 368 g/mol. The van der Waals surface area contributed by atoms with Gasteiger partial charge in [0.1, 0.15) is 11.9 Å². The summed E-state index contributed by atoms with van der Waals surface area (Å²) >= 11 is 6.33. The molecule has 0 spiro atoms. The SMILES string of the molecule is CC(C)N1CCC(Oc2ccc(C(=O)NCCN(C)C)cc2Cl)CC1.